The van der Waals surface area contributed by atoms with E-state index in [9.17, 15) is 9.90 Å². The maximum atomic E-state index is 13.1. The third-order valence-corrected chi connectivity index (χ3v) is 4.21. The molecule has 0 spiro atoms. The number of hydrogen-bond acceptors (Lipinski definition) is 7. The van der Waals surface area contributed by atoms with E-state index in [2.05, 4.69) is 0 Å². The number of phenols is 1. The number of carbonyl (C=O) groups is 1. The number of nitrogen functional groups attached to an aromatic ring is 1. The molecule has 1 aromatic heterocycles. The van der Waals surface area contributed by atoms with Gasteiger partial charge in [0.2, 0.25) is 11.6 Å². The largest absolute Gasteiger partial charge is 0.504 e. The van der Waals surface area contributed by atoms with Crippen molar-refractivity contribution >= 4 is 22.6 Å². The van der Waals surface area contributed by atoms with Crippen LogP contribution in [0.2, 0.25) is 0 Å². The van der Waals surface area contributed by atoms with Crippen molar-refractivity contribution in [3.63, 3.8) is 0 Å². The number of hydrogen-bond donors (Lipinski definition) is 2. The van der Waals surface area contributed by atoms with Crippen LogP contribution in [0.25, 0.3) is 11.0 Å². The number of phenolic OH excluding ortho intramolecular Hbond substituents is 1. The normalized spacial score (nSPS) is 10.8. The molecule has 7 nitrogen and oxygen atoms in total. The molecule has 136 valence electrons. The second kappa shape index (κ2) is 6.51. The Morgan fingerprint density at radius 2 is 1.69 bits per heavy atom. The molecular formula is C19H19NO6. The molecule has 1 heterocycles. The number of rotatable bonds is 5. The van der Waals surface area contributed by atoms with Crippen LogP contribution in [-0.4, -0.2) is 32.2 Å². The number of fused-ring (bicyclic) bond motifs is 1. The van der Waals surface area contributed by atoms with Crippen molar-refractivity contribution in [1.29, 1.82) is 0 Å². The number of ether oxygens (including phenoxy) is 3. The minimum absolute atomic E-state index is 0.0434. The maximum absolute atomic E-state index is 13.1. The minimum atomic E-state index is -0.385. The number of ketones is 1. The van der Waals surface area contributed by atoms with Gasteiger partial charge in [0.05, 0.1) is 26.9 Å². The van der Waals surface area contributed by atoms with Crippen molar-refractivity contribution in [2.45, 2.75) is 6.92 Å². The fourth-order valence-corrected chi connectivity index (χ4v) is 2.85. The Labute approximate surface area is 149 Å². The lowest BCUT2D eigenvalue weighted by Crippen LogP contribution is -2.05. The van der Waals surface area contributed by atoms with E-state index in [1.54, 1.807) is 19.1 Å². The summed E-state index contributed by atoms with van der Waals surface area (Å²) in [5.41, 5.74) is 7.18. The molecule has 0 aliphatic rings. The van der Waals surface area contributed by atoms with Crippen molar-refractivity contribution < 1.29 is 28.5 Å². The van der Waals surface area contributed by atoms with Crippen LogP contribution in [0.1, 0.15) is 21.5 Å². The zero-order valence-electron chi connectivity index (χ0n) is 14.9. The first kappa shape index (κ1) is 17.5. The highest BCUT2D eigenvalue weighted by molar-refractivity contribution is 6.19. The van der Waals surface area contributed by atoms with Crippen LogP contribution >= 0.6 is 0 Å². The molecule has 0 saturated carbocycles. The van der Waals surface area contributed by atoms with Gasteiger partial charge in [-0.05, 0) is 30.7 Å². The molecule has 3 aromatic rings. The maximum Gasteiger partial charge on any atom is 0.203 e. The fraction of sp³-hybridized carbons (Fsp3) is 0.211. The summed E-state index contributed by atoms with van der Waals surface area (Å²) in [5, 5.41) is 10.6. The molecule has 26 heavy (non-hydrogen) atoms. The molecule has 0 fully saturated rings. The van der Waals surface area contributed by atoms with Crippen LogP contribution in [0.5, 0.6) is 23.0 Å². The van der Waals surface area contributed by atoms with Crippen LogP contribution in [0.4, 0.5) is 5.88 Å². The van der Waals surface area contributed by atoms with Gasteiger partial charge in [-0.15, -0.1) is 0 Å². The van der Waals surface area contributed by atoms with E-state index in [0.717, 1.165) is 0 Å². The summed E-state index contributed by atoms with van der Waals surface area (Å²) in [5.74, 6) is 0.576. The summed E-state index contributed by atoms with van der Waals surface area (Å²) in [4.78, 5) is 13.1. The van der Waals surface area contributed by atoms with Gasteiger partial charge >= 0.3 is 0 Å². The van der Waals surface area contributed by atoms with Crippen molar-refractivity contribution in [2.75, 3.05) is 27.1 Å². The fourth-order valence-electron chi connectivity index (χ4n) is 2.85. The lowest BCUT2D eigenvalue weighted by molar-refractivity contribution is 0.103. The van der Waals surface area contributed by atoms with Gasteiger partial charge in [-0.2, -0.15) is 0 Å². The lowest BCUT2D eigenvalue weighted by atomic mass is 10.00. The number of nitrogens with two attached hydrogens (primary N) is 1. The molecule has 0 amide bonds. The van der Waals surface area contributed by atoms with Gasteiger partial charge in [-0.3, -0.25) is 4.79 Å². The summed E-state index contributed by atoms with van der Waals surface area (Å²) < 4.78 is 21.3. The number of methoxy groups -OCH3 is 3. The predicted octanol–water partition coefficient (Wildman–Crippen LogP) is 3.29. The summed E-state index contributed by atoms with van der Waals surface area (Å²) in [6.45, 7) is 1.73. The second-order valence-electron chi connectivity index (χ2n) is 5.69. The highest BCUT2D eigenvalue weighted by Crippen LogP contribution is 2.41. The molecule has 3 rings (SSSR count). The number of benzene rings is 2. The standard InChI is InChI=1S/C19H19NO6/c1-9-5-6-11-14(19(20)26-17(11)15(9)21)16(22)10-7-12(23-2)18(25-4)13(8-10)24-3/h5-8,21H,20H2,1-4H3. The Morgan fingerprint density at radius 3 is 2.23 bits per heavy atom. The van der Waals surface area contributed by atoms with Crippen LogP contribution in [0, 0.1) is 6.92 Å². The van der Waals surface area contributed by atoms with E-state index in [4.69, 9.17) is 24.4 Å². The van der Waals surface area contributed by atoms with E-state index < -0.39 is 0 Å². The third kappa shape index (κ3) is 2.57. The number of carbonyl (C=O) groups excluding carboxylic acids is 1. The number of aryl methyl sites for hydroxylation is 1. The lowest BCUT2D eigenvalue weighted by Gasteiger charge is -2.13. The Bertz CT molecular complexity index is 980. The quantitative estimate of drug-likeness (QED) is 0.675. The van der Waals surface area contributed by atoms with Crippen molar-refractivity contribution in [1.82, 2.24) is 0 Å². The summed E-state index contributed by atoms with van der Waals surface area (Å²) in [6.07, 6.45) is 0. The van der Waals surface area contributed by atoms with Gasteiger partial charge in [0, 0.05) is 10.9 Å². The zero-order chi connectivity index (χ0) is 19.0. The molecule has 0 saturated heterocycles. The highest BCUT2D eigenvalue weighted by atomic mass is 16.5. The summed E-state index contributed by atoms with van der Waals surface area (Å²) in [6, 6.07) is 6.46. The second-order valence-corrected chi connectivity index (χ2v) is 5.69. The molecular weight excluding hydrogens is 338 g/mol. The Balaban J connectivity index is 2.21. The number of furan rings is 1. The van der Waals surface area contributed by atoms with E-state index in [1.807, 2.05) is 0 Å². The SMILES string of the molecule is COc1cc(C(=O)c2c(N)oc3c(O)c(C)ccc23)cc(OC)c1OC. The van der Waals surface area contributed by atoms with E-state index in [-0.39, 0.29) is 34.1 Å². The van der Waals surface area contributed by atoms with Crippen molar-refractivity contribution in [2.24, 2.45) is 0 Å². The van der Waals surface area contributed by atoms with Crippen LogP contribution in [0.3, 0.4) is 0 Å². The Kier molecular flexibility index (Phi) is 4.38. The van der Waals surface area contributed by atoms with Gasteiger partial charge in [0.15, 0.2) is 28.6 Å². The van der Waals surface area contributed by atoms with Crippen LogP contribution in [0.15, 0.2) is 28.7 Å². The van der Waals surface area contributed by atoms with Gasteiger partial charge in [0.25, 0.3) is 0 Å². The first-order chi connectivity index (χ1) is 12.4. The smallest absolute Gasteiger partial charge is 0.203 e. The van der Waals surface area contributed by atoms with E-state index >= 15 is 0 Å². The Hall–Kier alpha value is -3.35. The molecule has 0 bridgehead atoms. The molecule has 0 unspecified atom stereocenters. The average Bonchev–Trinajstić information content (AvgIpc) is 2.99. The van der Waals surface area contributed by atoms with Crippen LogP contribution < -0.4 is 19.9 Å². The van der Waals surface area contributed by atoms with Gasteiger partial charge in [-0.1, -0.05) is 6.07 Å². The first-order valence-electron chi connectivity index (χ1n) is 7.78. The van der Waals surface area contributed by atoms with Gasteiger partial charge in [-0.25, -0.2) is 0 Å². The van der Waals surface area contributed by atoms with Crippen molar-refractivity contribution in [3.8, 4) is 23.0 Å². The topological polar surface area (TPSA) is 104 Å². The molecule has 0 atom stereocenters. The molecule has 0 aliphatic heterocycles. The first-order valence-corrected chi connectivity index (χ1v) is 7.78. The van der Waals surface area contributed by atoms with Crippen molar-refractivity contribution in [3.05, 3.63) is 41.0 Å². The zero-order valence-corrected chi connectivity index (χ0v) is 14.9. The summed E-state index contributed by atoms with van der Waals surface area (Å²) in [7, 11) is 4.41. The van der Waals surface area contributed by atoms with Gasteiger partial charge in [0.1, 0.15) is 0 Å². The third-order valence-electron chi connectivity index (χ3n) is 4.21. The highest BCUT2D eigenvalue weighted by Gasteiger charge is 2.25. The van der Waals surface area contributed by atoms with E-state index in [0.29, 0.717) is 28.2 Å². The predicted molar refractivity (Wildman–Crippen MR) is 96.6 cm³/mol. The molecule has 3 N–H and O–H groups in total. The average molecular weight is 357 g/mol. The minimum Gasteiger partial charge on any atom is -0.504 e. The number of aromatic hydroxyl groups is 1. The summed E-state index contributed by atoms with van der Waals surface area (Å²) >= 11 is 0. The number of anilines is 1. The molecule has 2 aromatic carbocycles. The molecule has 0 aliphatic carbocycles. The molecule has 7 heteroatoms. The van der Waals surface area contributed by atoms with Gasteiger partial charge < -0.3 is 29.5 Å². The van der Waals surface area contributed by atoms with Crippen LogP contribution in [-0.2, 0) is 0 Å². The molecule has 0 radical (unpaired) electrons. The van der Waals surface area contributed by atoms with E-state index in [1.165, 1.54) is 33.5 Å². The monoisotopic (exact) mass is 357 g/mol. The Morgan fingerprint density at radius 1 is 1.08 bits per heavy atom.